The lowest BCUT2D eigenvalue weighted by Gasteiger charge is -2.20. The van der Waals surface area contributed by atoms with E-state index >= 15 is 0 Å². The number of nitrogens with one attached hydrogen (secondary N) is 1. The maximum Gasteiger partial charge on any atom is 0.284 e. The van der Waals surface area contributed by atoms with Crippen LogP contribution in [0.5, 0.6) is 23.0 Å². The van der Waals surface area contributed by atoms with Gasteiger partial charge in [0.1, 0.15) is 5.75 Å². The molecule has 2 aromatic carbocycles. The molecular weight excluding hydrogens is 430 g/mol. The summed E-state index contributed by atoms with van der Waals surface area (Å²) in [6.45, 7) is -0.420. The molecule has 0 saturated carbocycles. The summed E-state index contributed by atoms with van der Waals surface area (Å²) in [7, 11) is 6.24. The Kier molecular flexibility index (Phi) is 7.62. The minimum absolute atomic E-state index is 0.420. The first-order chi connectivity index (χ1) is 16.0. The van der Waals surface area contributed by atoms with Crippen LogP contribution in [0.3, 0.4) is 0 Å². The fraction of sp³-hybridized carbons (Fsp3) is 0.304. The monoisotopic (exact) mass is 457 g/mol. The minimum atomic E-state index is -0.709. The molecule has 0 heterocycles. The molecule has 0 unspecified atom stereocenters. The number of methoxy groups -OCH3 is 4. The first-order valence-electron chi connectivity index (χ1n) is 10.1. The number of hydroxylamine groups is 1. The summed E-state index contributed by atoms with van der Waals surface area (Å²) < 4.78 is 22.1. The Labute approximate surface area is 191 Å². The van der Waals surface area contributed by atoms with Gasteiger partial charge in [0.25, 0.3) is 5.91 Å². The zero-order valence-corrected chi connectivity index (χ0v) is 18.9. The van der Waals surface area contributed by atoms with Gasteiger partial charge in [0.15, 0.2) is 18.1 Å². The highest BCUT2D eigenvalue weighted by atomic mass is 16.6. The molecule has 3 rings (SSSR count). The third-order valence-corrected chi connectivity index (χ3v) is 5.21. The lowest BCUT2D eigenvalue weighted by molar-refractivity contribution is -0.133. The first kappa shape index (κ1) is 23.7. The molecule has 1 amide bonds. The number of ether oxygens (including phenoxy) is 4. The highest BCUT2D eigenvalue weighted by molar-refractivity contribution is 6.05. The van der Waals surface area contributed by atoms with E-state index in [9.17, 15) is 4.79 Å². The SMILES string of the molecule is COc1ccc(C2=C/C(=N/OCC(=O)NO)CCc3c2cc(OC)c(OC)c3OC)cc1N. The predicted molar refractivity (Wildman–Crippen MR) is 122 cm³/mol. The second-order valence-corrected chi connectivity index (χ2v) is 7.08. The molecular formula is C23H27N3O7. The third kappa shape index (κ3) is 4.96. The van der Waals surface area contributed by atoms with Crippen LogP contribution in [0.4, 0.5) is 5.69 Å². The summed E-state index contributed by atoms with van der Waals surface area (Å²) in [5, 5.41) is 12.7. The largest absolute Gasteiger partial charge is 0.495 e. The molecule has 0 atom stereocenters. The Morgan fingerprint density at radius 1 is 1.03 bits per heavy atom. The smallest absolute Gasteiger partial charge is 0.284 e. The molecule has 0 saturated heterocycles. The Hall–Kier alpha value is -3.92. The number of benzene rings is 2. The van der Waals surface area contributed by atoms with Crippen LogP contribution >= 0.6 is 0 Å². The lowest BCUT2D eigenvalue weighted by Crippen LogP contribution is -2.23. The van der Waals surface area contributed by atoms with Gasteiger partial charge in [-0.2, -0.15) is 0 Å². The first-order valence-corrected chi connectivity index (χ1v) is 10.1. The van der Waals surface area contributed by atoms with Crippen molar-refractivity contribution in [2.75, 3.05) is 40.8 Å². The molecule has 33 heavy (non-hydrogen) atoms. The average molecular weight is 457 g/mol. The average Bonchev–Trinajstić information content (AvgIpc) is 3.01. The number of allylic oxidation sites excluding steroid dienone is 1. The van der Waals surface area contributed by atoms with E-state index < -0.39 is 12.5 Å². The van der Waals surface area contributed by atoms with Crippen molar-refractivity contribution in [1.29, 1.82) is 0 Å². The molecule has 1 aliphatic rings. The molecule has 1 aliphatic carbocycles. The van der Waals surface area contributed by atoms with Gasteiger partial charge in [-0.1, -0.05) is 11.2 Å². The van der Waals surface area contributed by atoms with E-state index in [0.717, 1.165) is 22.3 Å². The number of carbonyl (C=O) groups excluding carboxylic acids is 1. The summed E-state index contributed by atoms with van der Waals surface area (Å²) in [5.74, 6) is 1.41. The summed E-state index contributed by atoms with van der Waals surface area (Å²) >= 11 is 0. The fourth-order valence-corrected chi connectivity index (χ4v) is 3.69. The zero-order chi connectivity index (χ0) is 24.0. The Morgan fingerprint density at radius 3 is 2.36 bits per heavy atom. The topological polar surface area (TPSA) is 134 Å². The molecule has 0 radical (unpaired) electrons. The van der Waals surface area contributed by atoms with Crippen molar-refractivity contribution in [3.05, 3.63) is 47.0 Å². The number of hydrogen-bond acceptors (Lipinski definition) is 9. The van der Waals surface area contributed by atoms with Crippen LogP contribution in [0, 0.1) is 0 Å². The number of oxime groups is 1. The van der Waals surface area contributed by atoms with Crippen molar-refractivity contribution >= 4 is 22.9 Å². The second-order valence-electron chi connectivity index (χ2n) is 7.08. The number of amides is 1. The van der Waals surface area contributed by atoms with Gasteiger partial charge in [0.05, 0.1) is 39.8 Å². The second kappa shape index (κ2) is 10.6. The van der Waals surface area contributed by atoms with E-state index in [1.807, 2.05) is 18.2 Å². The van der Waals surface area contributed by atoms with Gasteiger partial charge in [-0.3, -0.25) is 10.0 Å². The van der Waals surface area contributed by atoms with Crippen LogP contribution in [0.25, 0.3) is 5.57 Å². The van der Waals surface area contributed by atoms with Crippen LogP contribution in [0.1, 0.15) is 23.1 Å². The number of carbonyl (C=O) groups is 1. The Bertz CT molecular complexity index is 1100. The molecule has 10 heteroatoms. The summed E-state index contributed by atoms with van der Waals surface area (Å²) in [5.41, 5.74) is 12.1. The molecule has 176 valence electrons. The van der Waals surface area contributed by atoms with E-state index in [2.05, 4.69) is 5.16 Å². The van der Waals surface area contributed by atoms with Crippen molar-refractivity contribution in [2.45, 2.75) is 12.8 Å². The van der Waals surface area contributed by atoms with E-state index in [1.165, 1.54) is 5.48 Å². The molecule has 10 nitrogen and oxygen atoms in total. The number of rotatable bonds is 8. The van der Waals surface area contributed by atoms with Crippen molar-refractivity contribution in [3.63, 3.8) is 0 Å². The third-order valence-electron chi connectivity index (χ3n) is 5.21. The van der Waals surface area contributed by atoms with Gasteiger partial charge in [-0.15, -0.1) is 0 Å². The number of hydrogen-bond donors (Lipinski definition) is 3. The zero-order valence-electron chi connectivity index (χ0n) is 18.9. The standard InChI is InChI=1S/C23H27N3O7/c1-29-19-8-5-13(9-18(19)24)16-10-14(26-33-12-21(27)25-28)6-7-15-17(16)11-20(30-2)23(32-4)22(15)31-3/h5,8-11,28H,6-7,12,24H2,1-4H3,(H,25,27)/b26-14+. The summed E-state index contributed by atoms with van der Waals surface area (Å²) in [4.78, 5) is 16.4. The van der Waals surface area contributed by atoms with Crippen molar-refractivity contribution < 1.29 is 33.8 Å². The molecule has 4 N–H and O–H groups in total. The number of fused-ring (bicyclic) bond motifs is 1. The molecule has 0 aromatic heterocycles. The fourth-order valence-electron chi connectivity index (χ4n) is 3.69. The van der Waals surface area contributed by atoms with Crippen LogP contribution in [-0.4, -0.2) is 51.9 Å². The van der Waals surface area contributed by atoms with E-state index in [0.29, 0.717) is 47.2 Å². The number of nitrogens with zero attached hydrogens (tertiary/aromatic N) is 1. The predicted octanol–water partition coefficient (Wildman–Crippen LogP) is 2.56. The molecule has 0 spiro atoms. The number of nitrogens with two attached hydrogens (primary N) is 1. The quantitative estimate of drug-likeness (QED) is 0.313. The molecule has 0 bridgehead atoms. The van der Waals surface area contributed by atoms with Gasteiger partial charge in [-0.05, 0) is 53.8 Å². The highest BCUT2D eigenvalue weighted by Crippen LogP contribution is 2.46. The van der Waals surface area contributed by atoms with Crippen LogP contribution < -0.4 is 30.2 Å². The van der Waals surface area contributed by atoms with Gasteiger partial charge >= 0.3 is 0 Å². The van der Waals surface area contributed by atoms with E-state index in [4.69, 9.17) is 34.7 Å². The van der Waals surface area contributed by atoms with Gasteiger partial charge in [0.2, 0.25) is 5.75 Å². The minimum Gasteiger partial charge on any atom is -0.495 e. The normalized spacial score (nSPS) is 14.0. The molecule has 0 aliphatic heterocycles. The van der Waals surface area contributed by atoms with Gasteiger partial charge in [0, 0.05) is 5.56 Å². The lowest BCUT2D eigenvalue weighted by atomic mass is 9.92. The van der Waals surface area contributed by atoms with Crippen molar-refractivity contribution in [1.82, 2.24) is 5.48 Å². The number of nitrogen functional groups attached to an aromatic ring is 1. The summed E-state index contributed by atoms with van der Waals surface area (Å²) in [6, 6.07) is 7.36. The van der Waals surface area contributed by atoms with Crippen LogP contribution in [0.2, 0.25) is 0 Å². The molecule has 0 fully saturated rings. The van der Waals surface area contributed by atoms with Crippen molar-refractivity contribution in [3.8, 4) is 23.0 Å². The maximum absolute atomic E-state index is 11.3. The van der Waals surface area contributed by atoms with Gasteiger partial charge < -0.3 is 29.5 Å². The number of anilines is 1. The van der Waals surface area contributed by atoms with Crippen molar-refractivity contribution in [2.24, 2.45) is 5.16 Å². The molecule has 2 aromatic rings. The van der Waals surface area contributed by atoms with E-state index in [-0.39, 0.29) is 0 Å². The summed E-state index contributed by atoms with van der Waals surface area (Å²) in [6.07, 6.45) is 2.91. The van der Waals surface area contributed by atoms with Crippen LogP contribution in [-0.2, 0) is 16.1 Å². The Morgan fingerprint density at radius 2 is 1.76 bits per heavy atom. The Balaban J connectivity index is 2.20. The van der Waals surface area contributed by atoms with Gasteiger partial charge in [-0.25, -0.2) is 5.48 Å². The maximum atomic E-state index is 11.3. The van der Waals surface area contributed by atoms with Crippen LogP contribution in [0.15, 0.2) is 35.5 Å². The van der Waals surface area contributed by atoms with E-state index in [1.54, 1.807) is 40.6 Å². The highest BCUT2D eigenvalue weighted by Gasteiger charge is 2.26.